The number of carbonyl (C=O) groups excluding carboxylic acids is 1. The second-order valence-electron chi connectivity index (χ2n) is 15.4. The molecule has 2 aromatic carbocycles. The molecular formula is C40H49BN4NaO7. The maximum Gasteiger partial charge on any atom is 1.00 e. The van der Waals surface area contributed by atoms with E-state index in [-0.39, 0.29) is 86.9 Å². The minimum Gasteiger partial charge on any atom is -0.512 e. The number of Topliss-reactive ketones (excluding diaryl/α,β-unsaturated/α-hetero) is 1. The van der Waals surface area contributed by atoms with E-state index in [1.54, 1.807) is 12.1 Å². The van der Waals surface area contributed by atoms with Crippen LogP contribution >= 0.6 is 0 Å². The molecule has 4 aliphatic carbocycles. The monoisotopic (exact) mass is 731 g/mol. The van der Waals surface area contributed by atoms with Crippen LogP contribution in [0.2, 0.25) is 0 Å². The third kappa shape index (κ3) is 5.04. The molecule has 2 saturated carbocycles. The molecular weight excluding hydrogens is 682 g/mol. The standard InChI is InChI=1S/C19H24N2O3.C19H21NO4.CN.CH4.B.Na/c1-2-8-21-9-7-18-15-11-3-4-13(22)16(15)24-17(18)12(20)5-6-19(18,23)14(21)10-11;1-2-8-20-9-7-18-15-11-3-4-12(21)16(15)24-17(18)13(22)5-6-19(18,23)14(20)10-11;1-2;;;/h2-4,12,14,17,22-23H,1,5-10,20H2;2-4,14,17,21,23H,1,5-10H2;;1H4;;/q;;-1;;;+1/t12?,14?,17-,18+,19?;14?,17-,18+,19?;;;;/m11..../s1. The van der Waals surface area contributed by atoms with Crippen LogP contribution < -0.4 is 44.8 Å². The molecule has 4 fully saturated rings. The first kappa shape index (κ1) is 41.3. The molecule has 0 amide bonds. The second kappa shape index (κ2) is 14.3. The maximum atomic E-state index is 12.6. The van der Waals surface area contributed by atoms with Crippen LogP contribution in [-0.4, -0.2) is 112 Å². The fraction of sp³-hybridized carbons (Fsp3) is 0.550. The Morgan fingerprint density at radius 1 is 0.849 bits per heavy atom. The number of phenols is 2. The summed E-state index contributed by atoms with van der Waals surface area (Å²) in [5.41, 5.74) is 7.54. The number of piperidine rings is 2. The number of nitrogens with two attached hydrogens (primary N) is 1. The zero-order valence-corrected chi connectivity index (χ0v) is 31.8. The summed E-state index contributed by atoms with van der Waals surface area (Å²) in [5.74, 6) is 1.25. The molecule has 4 bridgehead atoms. The van der Waals surface area contributed by atoms with Crippen molar-refractivity contribution in [2.24, 2.45) is 5.73 Å². The number of aliphatic hydroxyl groups is 2. The predicted molar refractivity (Wildman–Crippen MR) is 195 cm³/mol. The third-order valence-electron chi connectivity index (χ3n) is 13.7. The Labute approximate surface area is 336 Å². The van der Waals surface area contributed by atoms with Gasteiger partial charge in [0.1, 0.15) is 6.10 Å². The zero-order valence-electron chi connectivity index (χ0n) is 29.8. The Morgan fingerprint density at radius 2 is 1.34 bits per heavy atom. The van der Waals surface area contributed by atoms with E-state index in [2.05, 4.69) is 23.0 Å². The molecule has 3 radical (unpaired) electrons. The number of nitrogens with zero attached hydrogens (tertiary/aromatic N) is 3. The van der Waals surface area contributed by atoms with E-state index in [0.29, 0.717) is 43.6 Å². The van der Waals surface area contributed by atoms with Crippen LogP contribution in [0.4, 0.5) is 0 Å². The van der Waals surface area contributed by atoms with E-state index in [9.17, 15) is 25.2 Å². The summed E-state index contributed by atoms with van der Waals surface area (Å²) in [5, 5.41) is 50.6. The van der Waals surface area contributed by atoms with Crippen molar-refractivity contribution < 1.29 is 64.3 Å². The van der Waals surface area contributed by atoms with Crippen LogP contribution in [-0.2, 0) is 28.5 Å². The molecule has 11 nitrogen and oxygen atoms in total. The molecule has 2 spiro atoms. The molecule has 6 N–H and O–H groups in total. The van der Waals surface area contributed by atoms with Crippen molar-refractivity contribution in [2.45, 2.75) is 111 Å². The van der Waals surface area contributed by atoms with E-state index in [1.165, 1.54) is 5.56 Å². The summed E-state index contributed by atoms with van der Waals surface area (Å²) in [6, 6.07) is 7.15. The summed E-state index contributed by atoms with van der Waals surface area (Å²) >= 11 is 0. The molecule has 2 aromatic rings. The maximum absolute atomic E-state index is 12.6. The van der Waals surface area contributed by atoms with Gasteiger partial charge in [0.05, 0.1) is 22.0 Å². The Kier molecular flexibility index (Phi) is 11.2. The van der Waals surface area contributed by atoms with E-state index in [1.807, 2.05) is 24.3 Å². The molecule has 10 rings (SSSR count). The first-order valence-corrected chi connectivity index (χ1v) is 17.7. The predicted octanol–water partition coefficient (Wildman–Crippen LogP) is -0.283. The van der Waals surface area contributed by atoms with Gasteiger partial charge in [-0.1, -0.05) is 31.7 Å². The number of phenolic OH excluding ortho intramolecular Hbond substituents is 2. The van der Waals surface area contributed by atoms with Gasteiger partial charge in [0, 0.05) is 63.7 Å². The van der Waals surface area contributed by atoms with Crippen LogP contribution in [0.5, 0.6) is 23.0 Å². The number of rotatable bonds is 4. The van der Waals surface area contributed by atoms with Crippen molar-refractivity contribution in [1.82, 2.24) is 9.80 Å². The smallest absolute Gasteiger partial charge is 0.512 e. The van der Waals surface area contributed by atoms with Crippen molar-refractivity contribution >= 4 is 14.2 Å². The topological polar surface area (TPSA) is 173 Å². The van der Waals surface area contributed by atoms with Crippen LogP contribution in [0, 0.1) is 11.8 Å². The van der Waals surface area contributed by atoms with Gasteiger partial charge >= 0.3 is 29.6 Å². The number of carbonyl (C=O) groups is 1. The van der Waals surface area contributed by atoms with Gasteiger partial charge in [-0.2, -0.15) is 0 Å². The molecule has 8 aliphatic rings. The van der Waals surface area contributed by atoms with Gasteiger partial charge in [-0.25, -0.2) is 0 Å². The second-order valence-corrected chi connectivity index (χ2v) is 15.4. The van der Waals surface area contributed by atoms with Crippen LogP contribution in [0.25, 0.3) is 0 Å². The Morgan fingerprint density at radius 3 is 1.89 bits per heavy atom. The summed E-state index contributed by atoms with van der Waals surface area (Å²) in [6.45, 7) is 15.7. The first-order chi connectivity index (χ1) is 24.1. The summed E-state index contributed by atoms with van der Waals surface area (Å²) < 4.78 is 12.2. The van der Waals surface area contributed by atoms with Crippen molar-refractivity contribution in [3.8, 4) is 23.0 Å². The van der Waals surface area contributed by atoms with Gasteiger partial charge in [0.25, 0.3) is 0 Å². The fourth-order valence-corrected chi connectivity index (χ4v) is 11.9. The Balaban J connectivity index is 0.000000185. The number of hydrogen-bond donors (Lipinski definition) is 5. The number of aromatic hydroxyl groups is 2. The van der Waals surface area contributed by atoms with Crippen molar-refractivity contribution in [3.63, 3.8) is 0 Å². The molecule has 4 aliphatic heterocycles. The Bertz CT molecular complexity index is 1830. The summed E-state index contributed by atoms with van der Waals surface area (Å²) in [6.07, 6.45) is 8.00. The van der Waals surface area contributed by atoms with Crippen LogP contribution in [0.1, 0.15) is 68.2 Å². The van der Waals surface area contributed by atoms with E-state index in [4.69, 9.17) is 27.0 Å². The molecule has 5 unspecified atom stereocenters. The van der Waals surface area contributed by atoms with E-state index >= 15 is 0 Å². The van der Waals surface area contributed by atoms with Crippen molar-refractivity contribution in [2.75, 3.05) is 26.2 Å². The minimum atomic E-state index is -1.00. The number of ketones is 1. The van der Waals surface area contributed by atoms with Crippen molar-refractivity contribution in [1.29, 1.82) is 5.26 Å². The van der Waals surface area contributed by atoms with Crippen LogP contribution in [0.3, 0.4) is 0 Å². The average Bonchev–Trinajstić information content (AvgIpc) is 3.66. The normalized spacial score (nSPS) is 37.0. The number of ether oxygens (including phenoxy) is 2. The van der Waals surface area contributed by atoms with Gasteiger partial charge in [0.2, 0.25) is 0 Å². The zero-order chi connectivity index (χ0) is 35.4. The fourth-order valence-electron chi connectivity index (χ4n) is 11.9. The minimum absolute atomic E-state index is 0. The number of benzene rings is 2. The Hall–Kier alpha value is -2.86. The van der Waals surface area contributed by atoms with Gasteiger partial charge in [-0.15, -0.1) is 13.2 Å². The number of likely N-dealkylation sites (tertiary alicyclic amines) is 2. The van der Waals surface area contributed by atoms with E-state index < -0.39 is 28.1 Å². The SMILES string of the molecule is C.C=CCN1CC[C@]23c4c5ccc(O)c4O[C@@H]2C(=O)CCC3(O)C1C5.C=CCN1CC[C@]23c4c5ccc(O)c4O[C@@H]2C(N)CCC3(O)C1C5.[B].[C-]#N.[Na+]. The first-order valence-electron chi connectivity index (χ1n) is 17.7. The van der Waals surface area contributed by atoms with Crippen molar-refractivity contribution in [3.05, 3.63) is 78.4 Å². The molecule has 0 aromatic heterocycles. The van der Waals surface area contributed by atoms with Gasteiger partial charge in [-0.3, -0.25) is 14.6 Å². The van der Waals surface area contributed by atoms with Gasteiger partial charge < -0.3 is 47.5 Å². The van der Waals surface area contributed by atoms with Gasteiger partial charge in [0.15, 0.2) is 34.9 Å². The quantitative estimate of drug-likeness (QED) is 0.159. The molecule has 13 heteroatoms. The third-order valence-corrected chi connectivity index (χ3v) is 13.7. The summed E-state index contributed by atoms with van der Waals surface area (Å²) in [4.78, 5) is 17.3. The molecule has 275 valence electrons. The number of hydrogen-bond acceptors (Lipinski definition) is 11. The summed E-state index contributed by atoms with van der Waals surface area (Å²) in [7, 11) is 0. The molecule has 2 saturated heterocycles. The van der Waals surface area contributed by atoms with Gasteiger partial charge in [-0.05, 0) is 74.8 Å². The van der Waals surface area contributed by atoms with E-state index in [0.717, 1.165) is 62.1 Å². The molecule has 4 heterocycles. The van der Waals surface area contributed by atoms with Crippen LogP contribution in [0.15, 0.2) is 49.6 Å². The molecule has 53 heavy (non-hydrogen) atoms. The largest absolute Gasteiger partial charge is 1.00 e. The molecule has 9 atom stereocenters. The average molecular weight is 732 g/mol.